The van der Waals surface area contributed by atoms with Crippen molar-refractivity contribution in [1.29, 1.82) is 0 Å². The number of hydrogen-bond donors (Lipinski definition) is 2. The van der Waals surface area contributed by atoms with Gasteiger partial charge in [-0.2, -0.15) is 0 Å². The van der Waals surface area contributed by atoms with E-state index in [4.69, 9.17) is 0 Å². The number of amides is 2. The minimum absolute atomic E-state index is 0.160. The monoisotopic (exact) mass is 322 g/mol. The molecule has 6 heteroatoms. The van der Waals surface area contributed by atoms with Crippen LogP contribution in [0, 0.1) is 13.8 Å². The number of rotatable bonds is 3. The van der Waals surface area contributed by atoms with Crippen molar-refractivity contribution < 1.29 is 9.59 Å². The van der Waals surface area contributed by atoms with Gasteiger partial charge in [-0.3, -0.25) is 9.59 Å². The Morgan fingerprint density at radius 3 is 2.58 bits per heavy atom. The van der Waals surface area contributed by atoms with Crippen molar-refractivity contribution in [2.45, 2.75) is 13.8 Å². The highest BCUT2D eigenvalue weighted by atomic mass is 16.2. The van der Waals surface area contributed by atoms with Gasteiger partial charge in [0.15, 0.2) is 0 Å². The third-order valence-electron chi connectivity index (χ3n) is 3.81. The Bertz CT molecular complexity index is 943. The normalized spacial score (nSPS) is 10.6. The SMILES string of the molecule is CNC(=O)c1ccc(NC(=O)c2cn3ccc(C)cc3n2)c(C)c1. The largest absolute Gasteiger partial charge is 0.355 e. The number of benzene rings is 1. The summed E-state index contributed by atoms with van der Waals surface area (Å²) in [4.78, 5) is 28.4. The number of imidazole rings is 1. The van der Waals surface area contributed by atoms with Crippen LogP contribution in [0.4, 0.5) is 5.69 Å². The molecule has 0 atom stereocenters. The summed E-state index contributed by atoms with van der Waals surface area (Å²) in [5.74, 6) is -0.446. The van der Waals surface area contributed by atoms with E-state index in [-0.39, 0.29) is 11.8 Å². The summed E-state index contributed by atoms with van der Waals surface area (Å²) in [5, 5.41) is 5.41. The highest BCUT2D eigenvalue weighted by molar-refractivity contribution is 6.04. The van der Waals surface area contributed by atoms with Gasteiger partial charge in [0.25, 0.3) is 11.8 Å². The van der Waals surface area contributed by atoms with Crippen LogP contribution in [0.1, 0.15) is 32.0 Å². The second kappa shape index (κ2) is 6.16. The first kappa shape index (κ1) is 15.7. The minimum atomic E-state index is -0.285. The first-order valence-corrected chi connectivity index (χ1v) is 7.57. The van der Waals surface area contributed by atoms with E-state index in [1.165, 1.54) is 0 Å². The molecule has 2 N–H and O–H groups in total. The predicted octanol–water partition coefficient (Wildman–Crippen LogP) is 2.56. The van der Waals surface area contributed by atoms with Gasteiger partial charge < -0.3 is 15.0 Å². The molecule has 0 aliphatic heterocycles. The van der Waals surface area contributed by atoms with Gasteiger partial charge in [-0.15, -0.1) is 0 Å². The third kappa shape index (κ3) is 2.99. The summed E-state index contributed by atoms with van der Waals surface area (Å²) < 4.78 is 1.81. The molecule has 2 amide bonds. The van der Waals surface area contributed by atoms with Crippen LogP contribution in [-0.4, -0.2) is 28.2 Å². The molecule has 0 saturated carbocycles. The number of nitrogens with zero attached hydrogens (tertiary/aromatic N) is 2. The average Bonchev–Trinajstić information content (AvgIpc) is 2.99. The van der Waals surface area contributed by atoms with E-state index < -0.39 is 0 Å². The number of nitrogens with one attached hydrogen (secondary N) is 2. The van der Waals surface area contributed by atoms with Gasteiger partial charge in [-0.25, -0.2) is 4.98 Å². The molecule has 24 heavy (non-hydrogen) atoms. The van der Waals surface area contributed by atoms with Crippen molar-refractivity contribution in [3.8, 4) is 0 Å². The summed E-state index contributed by atoms with van der Waals surface area (Å²) in [6.45, 7) is 3.82. The molecule has 1 aromatic carbocycles. The molecule has 0 saturated heterocycles. The Kier molecular flexibility index (Phi) is 4.04. The smallest absolute Gasteiger partial charge is 0.275 e. The van der Waals surface area contributed by atoms with E-state index in [1.54, 1.807) is 31.4 Å². The molecule has 0 unspecified atom stereocenters. The van der Waals surface area contributed by atoms with Crippen molar-refractivity contribution in [1.82, 2.24) is 14.7 Å². The van der Waals surface area contributed by atoms with Crippen molar-refractivity contribution in [2.24, 2.45) is 0 Å². The molecular formula is C18H18N4O2. The van der Waals surface area contributed by atoms with Crippen LogP contribution >= 0.6 is 0 Å². The lowest BCUT2D eigenvalue weighted by molar-refractivity contribution is 0.0962. The molecule has 0 bridgehead atoms. The fourth-order valence-electron chi connectivity index (χ4n) is 2.47. The van der Waals surface area contributed by atoms with Crippen molar-refractivity contribution in [2.75, 3.05) is 12.4 Å². The molecule has 3 rings (SSSR count). The van der Waals surface area contributed by atoms with Gasteiger partial charge in [0.1, 0.15) is 11.3 Å². The number of aryl methyl sites for hydroxylation is 2. The van der Waals surface area contributed by atoms with E-state index >= 15 is 0 Å². The van der Waals surface area contributed by atoms with Gasteiger partial charge in [0.2, 0.25) is 0 Å². The van der Waals surface area contributed by atoms with E-state index in [0.717, 1.165) is 16.8 Å². The fraction of sp³-hybridized carbons (Fsp3) is 0.167. The molecule has 0 spiro atoms. The van der Waals surface area contributed by atoms with Crippen molar-refractivity contribution in [3.05, 3.63) is 65.1 Å². The van der Waals surface area contributed by atoms with Crippen LogP contribution in [0.15, 0.2) is 42.7 Å². The third-order valence-corrected chi connectivity index (χ3v) is 3.81. The zero-order valence-corrected chi connectivity index (χ0v) is 13.8. The molecule has 3 aromatic rings. The van der Waals surface area contributed by atoms with Crippen LogP contribution in [0.3, 0.4) is 0 Å². The first-order valence-electron chi connectivity index (χ1n) is 7.57. The number of anilines is 1. The number of fused-ring (bicyclic) bond motifs is 1. The number of aromatic nitrogens is 2. The molecule has 2 aromatic heterocycles. The maximum Gasteiger partial charge on any atom is 0.275 e. The standard InChI is InChI=1S/C18H18N4O2/c1-11-6-7-22-10-15(20-16(22)8-11)18(24)21-14-5-4-13(9-12(14)2)17(23)19-3/h4-10H,1-3H3,(H,19,23)(H,21,24). The van der Waals surface area contributed by atoms with Crippen LogP contribution in [0.5, 0.6) is 0 Å². The Morgan fingerprint density at radius 1 is 1.08 bits per heavy atom. The number of pyridine rings is 1. The summed E-state index contributed by atoms with van der Waals surface area (Å²) in [5.41, 5.74) is 4.17. The van der Waals surface area contributed by atoms with Crippen LogP contribution in [0.2, 0.25) is 0 Å². The lowest BCUT2D eigenvalue weighted by Gasteiger charge is -2.08. The number of carbonyl (C=O) groups excluding carboxylic acids is 2. The second-order valence-corrected chi connectivity index (χ2v) is 5.66. The molecule has 0 radical (unpaired) electrons. The Hall–Kier alpha value is -3.15. The molecule has 0 aliphatic rings. The van der Waals surface area contributed by atoms with E-state index in [0.29, 0.717) is 16.9 Å². The average molecular weight is 322 g/mol. The van der Waals surface area contributed by atoms with Crippen LogP contribution in [0.25, 0.3) is 5.65 Å². The second-order valence-electron chi connectivity index (χ2n) is 5.66. The summed E-state index contributed by atoms with van der Waals surface area (Å²) in [6.07, 6.45) is 3.57. The van der Waals surface area contributed by atoms with E-state index in [9.17, 15) is 9.59 Å². The highest BCUT2D eigenvalue weighted by Gasteiger charge is 2.13. The van der Waals surface area contributed by atoms with Gasteiger partial charge in [0.05, 0.1) is 0 Å². The minimum Gasteiger partial charge on any atom is -0.355 e. The fourth-order valence-corrected chi connectivity index (χ4v) is 2.47. The Balaban J connectivity index is 1.84. The predicted molar refractivity (Wildman–Crippen MR) is 92.5 cm³/mol. The molecule has 2 heterocycles. The summed E-state index contributed by atoms with van der Waals surface area (Å²) >= 11 is 0. The van der Waals surface area contributed by atoms with Crippen LogP contribution in [-0.2, 0) is 0 Å². The van der Waals surface area contributed by atoms with Crippen LogP contribution < -0.4 is 10.6 Å². The Labute approximate surface area is 139 Å². The molecule has 0 fully saturated rings. The molecular weight excluding hydrogens is 304 g/mol. The number of carbonyl (C=O) groups is 2. The maximum absolute atomic E-state index is 12.4. The van der Waals surface area contributed by atoms with E-state index in [1.807, 2.05) is 36.6 Å². The Morgan fingerprint density at radius 2 is 1.88 bits per heavy atom. The van der Waals surface area contributed by atoms with E-state index in [2.05, 4.69) is 15.6 Å². The topological polar surface area (TPSA) is 75.5 Å². The number of hydrogen-bond acceptors (Lipinski definition) is 3. The maximum atomic E-state index is 12.4. The summed E-state index contributed by atoms with van der Waals surface area (Å²) in [6, 6.07) is 9.01. The summed E-state index contributed by atoms with van der Waals surface area (Å²) in [7, 11) is 1.58. The van der Waals surface area contributed by atoms with Gasteiger partial charge in [-0.05, 0) is 55.3 Å². The van der Waals surface area contributed by atoms with Gasteiger partial charge in [-0.1, -0.05) is 0 Å². The highest BCUT2D eigenvalue weighted by Crippen LogP contribution is 2.18. The van der Waals surface area contributed by atoms with Crippen molar-refractivity contribution in [3.63, 3.8) is 0 Å². The van der Waals surface area contributed by atoms with Gasteiger partial charge >= 0.3 is 0 Å². The molecule has 122 valence electrons. The lowest BCUT2D eigenvalue weighted by Crippen LogP contribution is -2.18. The van der Waals surface area contributed by atoms with Gasteiger partial charge in [0, 0.05) is 30.7 Å². The lowest BCUT2D eigenvalue weighted by atomic mass is 10.1. The van der Waals surface area contributed by atoms with Crippen molar-refractivity contribution >= 4 is 23.1 Å². The first-order chi connectivity index (χ1) is 11.5. The molecule has 0 aliphatic carbocycles. The zero-order valence-electron chi connectivity index (χ0n) is 13.8. The molecule has 6 nitrogen and oxygen atoms in total. The zero-order chi connectivity index (χ0) is 17.3. The quantitative estimate of drug-likeness (QED) is 0.778.